The minimum atomic E-state index is -0.0921. The molecule has 0 aliphatic carbocycles. The van der Waals surface area contributed by atoms with Crippen molar-refractivity contribution < 1.29 is 0 Å². The normalized spacial score (nSPS) is 15.7. The zero-order valence-corrected chi connectivity index (χ0v) is 14.8. The summed E-state index contributed by atoms with van der Waals surface area (Å²) in [5, 5.41) is 0.648. The topological polar surface area (TPSA) is 41.4 Å². The van der Waals surface area contributed by atoms with E-state index in [1.165, 1.54) is 0 Å². The Bertz CT molecular complexity index is 959. The van der Waals surface area contributed by atoms with E-state index < -0.39 is 0 Å². The fourth-order valence-corrected chi connectivity index (χ4v) is 3.32. The van der Waals surface area contributed by atoms with Gasteiger partial charge in [-0.3, -0.25) is 9.36 Å². The van der Waals surface area contributed by atoms with Crippen LogP contribution < -0.4 is 10.5 Å². The van der Waals surface area contributed by atoms with E-state index >= 15 is 0 Å². The Kier molecular flexibility index (Phi) is 4.19. The summed E-state index contributed by atoms with van der Waals surface area (Å²) in [6.45, 7) is 3.46. The van der Waals surface area contributed by atoms with Crippen molar-refractivity contribution in [3.05, 3.63) is 63.9 Å². The van der Waals surface area contributed by atoms with E-state index in [2.05, 4.69) is 21.8 Å². The maximum atomic E-state index is 13.3. The number of benzene rings is 2. The lowest BCUT2D eigenvalue weighted by Gasteiger charge is -2.33. The molecular formula is C19H19ClN4O. The Balaban J connectivity index is 1.92. The van der Waals surface area contributed by atoms with Gasteiger partial charge in [0, 0.05) is 36.9 Å². The molecule has 0 atom stereocenters. The van der Waals surface area contributed by atoms with E-state index in [1.54, 1.807) is 16.7 Å². The first-order valence-corrected chi connectivity index (χ1v) is 8.72. The average molecular weight is 355 g/mol. The smallest absolute Gasteiger partial charge is 0.298 e. The highest BCUT2D eigenvalue weighted by Gasteiger charge is 2.21. The summed E-state index contributed by atoms with van der Waals surface area (Å²) in [6.07, 6.45) is 0. The van der Waals surface area contributed by atoms with Gasteiger partial charge in [-0.2, -0.15) is 0 Å². The Morgan fingerprint density at radius 2 is 1.64 bits per heavy atom. The highest BCUT2D eigenvalue weighted by atomic mass is 35.5. The number of nitrogens with zero attached hydrogens (tertiary/aromatic N) is 4. The number of anilines is 1. The molecule has 0 saturated carbocycles. The van der Waals surface area contributed by atoms with E-state index in [9.17, 15) is 4.79 Å². The zero-order valence-electron chi connectivity index (χ0n) is 14.0. The predicted octanol–water partition coefficient (Wildman–Crippen LogP) is 2.79. The molecule has 0 bridgehead atoms. The van der Waals surface area contributed by atoms with Gasteiger partial charge in [0.15, 0.2) is 5.82 Å². The van der Waals surface area contributed by atoms with Crippen LogP contribution in [-0.2, 0) is 0 Å². The van der Waals surface area contributed by atoms with E-state index in [0.29, 0.717) is 10.8 Å². The molecule has 4 rings (SSSR count). The third kappa shape index (κ3) is 3.01. The Labute approximate surface area is 151 Å². The first-order valence-electron chi connectivity index (χ1n) is 8.35. The molecule has 0 unspecified atom stereocenters. The monoisotopic (exact) mass is 354 g/mol. The van der Waals surface area contributed by atoms with Crippen molar-refractivity contribution in [2.24, 2.45) is 0 Å². The summed E-state index contributed by atoms with van der Waals surface area (Å²) < 4.78 is 1.73. The van der Waals surface area contributed by atoms with Crippen molar-refractivity contribution >= 4 is 28.5 Å². The second-order valence-corrected chi connectivity index (χ2v) is 6.77. The molecule has 2 heterocycles. The van der Waals surface area contributed by atoms with Crippen molar-refractivity contribution in [1.29, 1.82) is 0 Å². The standard InChI is InChI=1S/C19H19ClN4O/c1-22-10-12-23(13-11-22)18-19(25)24(15-8-6-14(20)7-9-15)17-5-3-2-4-16(17)21-18/h2-9H,10-13H2,1H3. The highest BCUT2D eigenvalue weighted by Crippen LogP contribution is 2.20. The molecule has 1 fully saturated rings. The molecule has 128 valence electrons. The lowest BCUT2D eigenvalue weighted by molar-refractivity contribution is 0.311. The van der Waals surface area contributed by atoms with Gasteiger partial charge in [0.05, 0.1) is 11.0 Å². The van der Waals surface area contributed by atoms with Gasteiger partial charge in [-0.1, -0.05) is 23.7 Å². The molecule has 0 radical (unpaired) electrons. The summed E-state index contributed by atoms with van der Waals surface area (Å²) >= 11 is 6.01. The molecule has 0 amide bonds. The second kappa shape index (κ2) is 6.50. The predicted molar refractivity (Wildman–Crippen MR) is 102 cm³/mol. The number of likely N-dealkylation sites (N-methyl/N-ethyl adjacent to an activating group) is 1. The third-order valence-electron chi connectivity index (χ3n) is 4.63. The number of aromatic nitrogens is 2. The molecule has 25 heavy (non-hydrogen) atoms. The maximum Gasteiger partial charge on any atom is 0.298 e. The molecule has 1 aliphatic heterocycles. The van der Waals surface area contributed by atoms with Gasteiger partial charge in [0.1, 0.15) is 0 Å². The van der Waals surface area contributed by atoms with E-state index in [0.717, 1.165) is 42.9 Å². The number of rotatable bonds is 2. The van der Waals surface area contributed by atoms with Crippen LogP contribution in [0.5, 0.6) is 0 Å². The van der Waals surface area contributed by atoms with Crippen molar-refractivity contribution in [3.63, 3.8) is 0 Å². The highest BCUT2D eigenvalue weighted by molar-refractivity contribution is 6.30. The lowest BCUT2D eigenvalue weighted by atomic mass is 10.2. The Morgan fingerprint density at radius 1 is 0.960 bits per heavy atom. The van der Waals surface area contributed by atoms with Crippen LogP contribution in [0.15, 0.2) is 53.3 Å². The van der Waals surface area contributed by atoms with Crippen LogP contribution in [0.4, 0.5) is 5.82 Å². The quantitative estimate of drug-likeness (QED) is 0.709. The largest absolute Gasteiger partial charge is 0.349 e. The maximum absolute atomic E-state index is 13.3. The fraction of sp³-hybridized carbons (Fsp3) is 0.263. The van der Waals surface area contributed by atoms with Crippen molar-refractivity contribution in [2.75, 3.05) is 38.1 Å². The van der Waals surface area contributed by atoms with Crippen LogP contribution in [-0.4, -0.2) is 47.7 Å². The van der Waals surface area contributed by atoms with Gasteiger partial charge >= 0.3 is 0 Å². The molecule has 2 aromatic carbocycles. The summed E-state index contributed by atoms with van der Waals surface area (Å²) in [4.78, 5) is 22.3. The first kappa shape index (κ1) is 16.1. The van der Waals surface area contributed by atoms with Crippen LogP contribution in [0.25, 0.3) is 16.7 Å². The Morgan fingerprint density at radius 3 is 2.36 bits per heavy atom. The third-order valence-corrected chi connectivity index (χ3v) is 4.88. The van der Waals surface area contributed by atoms with Gasteiger partial charge in [0.2, 0.25) is 0 Å². The zero-order chi connectivity index (χ0) is 17.4. The van der Waals surface area contributed by atoms with Crippen molar-refractivity contribution in [2.45, 2.75) is 0 Å². The van der Waals surface area contributed by atoms with E-state index in [1.807, 2.05) is 36.4 Å². The molecule has 1 saturated heterocycles. The lowest BCUT2D eigenvalue weighted by Crippen LogP contribution is -2.47. The number of hydrogen-bond acceptors (Lipinski definition) is 4. The molecule has 3 aromatic rings. The SMILES string of the molecule is CN1CCN(c2nc3ccccc3n(-c3ccc(Cl)cc3)c2=O)CC1. The number of fused-ring (bicyclic) bond motifs is 1. The Hall–Kier alpha value is -2.37. The number of halogens is 1. The van der Waals surface area contributed by atoms with Crippen LogP contribution in [0.1, 0.15) is 0 Å². The van der Waals surface area contributed by atoms with Crippen molar-refractivity contribution in [1.82, 2.24) is 14.5 Å². The minimum absolute atomic E-state index is 0.0921. The van der Waals surface area contributed by atoms with Crippen LogP contribution in [0, 0.1) is 0 Å². The van der Waals surface area contributed by atoms with Gasteiger partial charge in [-0.25, -0.2) is 4.98 Å². The van der Waals surface area contributed by atoms with Gasteiger partial charge in [-0.15, -0.1) is 0 Å². The minimum Gasteiger partial charge on any atom is -0.349 e. The second-order valence-electron chi connectivity index (χ2n) is 6.33. The molecule has 1 aliphatic rings. The molecule has 0 spiro atoms. The van der Waals surface area contributed by atoms with Crippen LogP contribution in [0.2, 0.25) is 5.02 Å². The van der Waals surface area contributed by atoms with Gasteiger partial charge < -0.3 is 9.80 Å². The van der Waals surface area contributed by atoms with Gasteiger partial charge in [0.25, 0.3) is 5.56 Å². The summed E-state index contributed by atoms with van der Waals surface area (Å²) in [6, 6.07) is 15.1. The number of piperazine rings is 1. The fourth-order valence-electron chi connectivity index (χ4n) is 3.19. The molecular weight excluding hydrogens is 336 g/mol. The summed E-state index contributed by atoms with van der Waals surface area (Å²) in [5.41, 5.74) is 2.31. The summed E-state index contributed by atoms with van der Waals surface area (Å²) in [5.74, 6) is 0.516. The van der Waals surface area contributed by atoms with E-state index in [4.69, 9.17) is 11.6 Å². The average Bonchev–Trinajstić information content (AvgIpc) is 2.63. The van der Waals surface area contributed by atoms with Gasteiger partial charge in [-0.05, 0) is 43.4 Å². The first-order chi connectivity index (χ1) is 12.1. The summed E-state index contributed by atoms with van der Waals surface area (Å²) in [7, 11) is 2.09. The molecule has 5 nitrogen and oxygen atoms in total. The van der Waals surface area contributed by atoms with E-state index in [-0.39, 0.29) is 5.56 Å². The van der Waals surface area contributed by atoms with Crippen LogP contribution in [0.3, 0.4) is 0 Å². The molecule has 0 N–H and O–H groups in total. The number of para-hydroxylation sites is 2. The number of hydrogen-bond donors (Lipinski definition) is 0. The van der Waals surface area contributed by atoms with Crippen molar-refractivity contribution in [3.8, 4) is 5.69 Å². The molecule has 6 heteroatoms. The molecule has 1 aromatic heterocycles. The van der Waals surface area contributed by atoms with Crippen LogP contribution >= 0.6 is 11.6 Å².